The van der Waals surface area contributed by atoms with Crippen LogP contribution in [0.15, 0.2) is 97.1 Å². The van der Waals surface area contributed by atoms with Crippen LogP contribution in [0.3, 0.4) is 0 Å². The van der Waals surface area contributed by atoms with E-state index in [1.807, 2.05) is 48.5 Å². The third-order valence-electron chi connectivity index (χ3n) is 6.04. The Morgan fingerprint density at radius 1 is 0.516 bits per heavy atom. The first-order valence-corrected chi connectivity index (χ1v) is 10.6. The molecular formula is C27H16Cl2O2. The number of carbonyl (C=O) groups is 2. The molecule has 0 radical (unpaired) electrons. The van der Waals surface area contributed by atoms with Crippen molar-refractivity contribution in [3.05, 3.63) is 130 Å². The number of fused-ring (bicyclic) bond motifs is 3. The molecule has 0 saturated heterocycles. The van der Waals surface area contributed by atoms with Gasteiger partial charge in [-0.25, -0.2) is 0 Å². The van der Waals surface area contributed by atoms with E-state index in [0.717, 1.165) is 33.4 Å². The Hall–Kier alpha value is -3.20. The van der Waals surface area contributed by atoms with Gasteiger partial charge in [-0.1, -0.05) is 72.8 Å². The number of rotatable bonds is 4. The Kier molecular flexibility index (Phi) is 4.77. The number of benzene rings is 4. The highest BCUT2D eigenvalue weighted by Gasteiger charge is 2.45. The minimum Gasteiger partial charge on any atom is -0.276 e. The predicted octanol–water partition coefficient (Wildman–Crippen LogP) is 6.81. The highest BCUT2D eigenvalue weighted by Crippen LogP contribution is 2.55. The van der Waals surface area contributed by atoms with Crippen molar-refractivity contribution < 1.29 is 9.59 Å². The molecule has 4 heteroatoms. The molecule has 0 aromatic heterocycles. The zero-order valence-electron chi connectivity index (χ0n) is 16.3. The highest BCUT2D eigenvalue weighted by atomic mass is 35.5. The minimum atomic E-state index is -0.602. The van der Waals surface area contributed by atoms with E-state index in [9.17, 15) is 9.59 Å². The van der Waals surface area contributed by atoms with Crippen LogP contribution in [0.5, 0.6) is 0 Å². The highest BCUT2D eigenvalue weighted by molar-refractivity contribution is 6.68. The molecule has 0 aliphatic heterocycles. The van der Waals surface area contributed by atoms with Gasteiger partial charge in [0.1, 0.15) is 0 Å². The Morgan fingerprint density at radius 3 is 1.23 bits per heavy atom. The summed E-state index contributed by atoms with van der Waals surface area (Å²) in [5.41, 5.74) is 6.92. The molecule has 0 fully saturated rings. The van der Waals surface area contributed by atoms with Crippen molar-refractivity contribution in [1.29, 1.82) is 0 Å². The van der Waals surface area contributed by atoms with Gasteiger partial charge < -0.3 is 0 Å². The summed E-state index contributed by atoms with van der Waals surface area (Å²) < 4.78 is 0. The molecule has 0 heterocycles. The molecule has 0 bridgehead atoms. The molecule has 0 N–H and O–H groups in total. The molecule has 0 spiro atoms. The Balaban J connectivity index is 1.86. The fourth-order valence-corrected chi connectivity index (χ4v) is 4.98. The summed E-state index contributed by atoms with van der Waals surface area (Å²) in [5, 5.41) is -0.976. The molecule has 0 amide bonds. The summed E-state index contributed by atoms with van der Waals surface area (Å²) in [6.45, 7) is 0. The van der Waals surface area contributed by atoms with Crippen LogP contribution in [0.2, 0.25) is 0 Å². The van der Waals surface area contributed by atoms with E-state index < -0.39 is 15.9 Å². The van der Waals surface area contributed by atoms with Crippen LogP contribution in [0.1, 0.15) is 43.0 Å². The Bertz CT molecular complexity index is 1220. The second-order valence-electron chi connectivity index (χ2n) is 7.54. The van der Waals surface area contributed by atoms with Crippen molar-refractivity contribution in [2.45, 2.75) is 5.41 Å². The van der Waals surface area contributed by atoms with Gasteiger partial charge in [0.15, 0.2) is 0 Å². The molecule has 1 aliphatic rings. The summed E-state index contributed by atoms with van der Waals surface area (Å²) in [7, 11) is 0. The van der Waals surface area contributed by atoms with Crippen molar-refractivity contribution in [2.24, 2.45) is 0 Å². The molecule has 0 atom stereocenters. The molecule has 4 aromatic rings. The zero-order valence-corrected chi connectivity index (χ0v) is 17.8. The molecule has 2 nitrogen and oxygen atoms in total. The van der Waals surface area contributed by atoms with E-state index in [4.69, 9.17) is 23.2 Å². The van der Waals surface area contributed by atoms with Crippen LogP contribution in [0.25, 0.3) is 11.1 Å². The van der Waals surface area contributed by atoms with Gasteiger partial charge in [-0.05, 0) is 80.8 Å². The van der Waals surface area contributed by atoms with Crippen LogP contribution in [0, 0.1) is 0 Å². The van der Waals surface area contributed by atoms with Crippen LogP contribution in [0.4, 0.5) is 0 Å². The topological polar surface area (TPSA) is 34.1 Å². The van der Waals surface area contributed by atoms with Gasteiger partial charge in [0.2, 0.25) is 0 Å². The Labute approximate surface area is 190 Å². The van der Waals surface area contributed by atoms with Gasteiger partial charge in [0.05, 0.1) is 5.41 Å². The summed E-state index contributed by atoms with van der Waals surface area (Å²) in [5.74, 6) is 0. The maximum absolute atomic E-state index is 11.6. The maximum atomic E-state index is 11.6. The van der Waals surface area contributed by atoms with Crippen molar-refractivity contribution >= 4 is 33.7 Å². The maximum Gasteiger partial charge on any atom is 0.252 e. The van der Waals surface area contributed by atoms with E-state index in [0.29, 0.717) is 11.1 Å². The average molecular weight is 443 g/mol. The standard InChI is InChI=1S/C27H16Cl2O2/c28-25(30)17-9-13-19(14-10-17)27(20-15-11-18(12-16-20)26(29)31)23-7-3-1-5-21(23)22-6-2-4-8-24(22)27/h1-16H. The first-order chi connectivity index (χ1) is 15.0. The van der Waals surface area contributed by atoms with Crippen LogP contribution < -0.4 is 0 Å². The minimum absolute atomic E-state index is 0.447. The first-order valence-electron chi connectivity index (χ1n) is 9.83. The molecule has 5 rings (SSSR count). The lowest BCUT2D eigenvalue weighted by Crippen LogP contribution is -2.28. The molecule has 150 valence electrons. The monoisotopic (exact) mass is 442 g/mol. The second kappa shape index (κ2) is 7.49. The van der Waals surface area contributed by atoms with Crippen LogP contribution in [-0.2, 0) is 5.41 Å². The lowest BCUT2D eigenvalue weighted by Gasteiger charge is -2.34. The van der Waals surface area contributed by atoms with Gasteiger partial charge >= 0.3 is 0 Å². The molecule has 4 aromatic carbocycles. The van der Waals surface area contributed by atoms with Crippen molar-refractivity contribution in [2.75, 3.05) is 0 Å². The summed E-state index contributed by atoms with van der Waals surface area (Å²) >= 11 is 11.4. The SMILES string of the molecule is O=C(Cl)c1ccc(C2(c3ccc(C(=O)Cl)cc3)c3ccccc3-c3ccccc32)cc1. The van der Waals surface area contributed by atoms with Gasteiger partial charge in [-0.2, -0.15) is 0 Å². The summed E-state index contributed by atoms with van der Waals surface area (Å²) in [6.07, 6.45) is 0. The van der Waals surface area contributed by atoms with Crippen LogP contribution in [-0.4, -0.2) is 10.5 Å². The molecule has 31 heavy (non-hydrogen) atoms. The molecular weight excluding hydrogens is 427 g/mol. The fourth-order valence-electron chi connectivity index (χ4n) is 4.73. The van der Waals surface area contributed by atoms with Gasteiger partial charge in [-0.15, -0.1) is 0 Å². The third kappa shape index (κ3) is 2.95. The predicted molar refractivity (Wildman–Crippen MR) is 124 cm³/mol. The lowest BCUT2D eigenvalue weighted by atomic mass is 9.67. The summed E-state index contributed by atoms with van der Waals surface area (Å²) in [4.78, 5) is 23.3. The average Bonchev–Trinajstić information content (AvgIpc) is 3.11. The van der Waals surface area contributed by atoms with Crippen molar-refractivity contribution in [1.82, 2.24) is 0 Å². The van der Waals surface area contributed by atoms with Gasteiger partial charge in [-0.3, -0.25) is 9.59 Å². The van der Waals surface area contributed by atoms with Crippen LogP contribution >= 0.6 is 23.2 Å². The molecule has 0 unspecified atom stereocenters. The van der Waals surface area contributed by atoms with E-state index in [1.165, 1.54) is 0 Å². The quantitative estimate of drug-likeness (QED) is 0.286. The largest absolute Gasteiger partial charge is 0.276 e. The van der Waals surface area contributed by atoms with Crippen molar-refractivity contribution in [3.8, 4) is 11.1 Å². The fraction of sp³-hybridized carbons (Fsp3) is 0.0370. The Morgan fingerprint density at radius 2 is 0.871 bits per heavy atom. The van der Waals surface area contributed by atoms with E-state index >= 15 is 0 Å². The van der Waals surface area contributed by atoms with Gasteiger partial charge in [0.25, 0.3) is 10.5 Å². The van der Waals surface area contributed by atoms with Gasteiger partial charge in [0, 0.05) is 11.1 Å². The van der Waals surface area contributed by atoms with E-state index in [-0.39, 0.29) is 0 Å². The summed E-state index contributed by atoms with van der Waals surface area (Å²) in [6, 6.07) is 31.5. The first kappa shape index (κ1) is 19.7. The normalized spacial score (nSPS) is 13.4. The number of hydrogen-bond donors (Lipinski definition) is 0. The molecule has 0 saturated carbocycles. The smallest absolute Gasteiger partial charge is 0.252 e. The number of carbonyl (C=O) groups excluding carboxylic acids is 2. The lowest BCUT2D eigenvalue weighted by molar-refractivity contribution is 0.107. The van der Waals surface area contributed by atoms with E-state index in [2.05, 4.69) is 24.3 Å². The van der Waals surface area contributed by atoms with E-state index in [1.54, 1.807) is 24.3 Å². The number of hydrogen-bond acceptors (Lipinski definition) is 2. The second-order valence-corrected chi connectivity index (χ2v) is 8.23. The molecule has 1 aliphatic carbocycles. The third-order valence-corrected chi connectivity index (χ3v) is 6.48. The number of halogens is 2. The zero-order chi connectivity index (χ0) is 21.6. The van der Waals surface area contributed by atoms with Crippen molar-refractivity contribution in [3.63, 3.8) is 0 Å².